The number of hydrogen-bond donors (Lipinski definition) is 3. The molecule has 0 bridgehead atoms. The van der Waals surface area contributed by atoms with E-state index < -0.39 is 18.0 Å². The summed E-state index contributed by atoms with van der Waals surface area (Å²) in [5.41, 5.74) is 6.48. The molecule has 3 nitrogen and oxygen atoms in total. The second-order valence-corrected chi connectivity index (χ2v) is 4.51. The molecule has 0 amide bonds. The zero-order chi connectivity index (χ0) is 12.3. The predicted molar refractivity (Wildman–Crippen MR) is 64.9 cm³/mol. The van der Waals surface area contributed by atoms with Crippen LogP contribution in [0.15, 0.2) is 12.1 Å². The Morgan fingerprint density at radius 1 is 1.44 bits per heavy atom. The average Bonchev–Trinajstić information content (AvgIpc) is 2.23. The van der Waals surface area contributed by atoms with Gasteiger partial charge in [0, 0.05) is 5.33 Å². The first kappa shape index (κ1) is 13.4. The van der Waals surface area contributed by atoms with Crippen molar-refractivity contribution in [3.05, 3.63) is 29.1 Å². The molecule has 2 atom stereocenters. The fourth-order valence-corrected chi connectivity index (χ4v) is 1.98. The molecule has 0 saturated heterocycles. The van der Waals surface area contributed by atoms with Crippen LogP contribution in [0, 0.1) is 12.7 Å². The Morgan fingerprint density at radius 2 is 2.06 bits per heavy atom. The number of nitrogens with two attached hydrogens (primary N) is 1. The van der Waals surface area contributed by atoms with Crippen molar-refractivity contribution < 1.29 is 14.6 Å². The third-order valence-electron chi connectivity index (χ3n) is 2.47. The minimum absolute atomic E-state index is 0.0448. The standard InChI is InChI=1S/C11H15BrFNO2/c1-6-4-9(14)8(13)5-7(6)11(16)10(15)2-3-12/h4-5,10-11,15-16H,2-3,14H2,1H3. The molecular weight excluding hydrogens is 277 g/mol. The molecule has 0 heterocycles. The highest BCUT2D eigenvalue weighted by Gasteiger charge is 2.20. The summed E-state index contributed by atoms with van der Waals surface area (Å²) in [6.07, 6.45) is -1.61. The second-order valence-electron chi connectivity index (χ2n) is 3.72. The van der Waals surface area contributed by atoms with Crippen molar-refractivity contribution in [3.63, 3.8) is 0 Å². The van der Waals surface area contributed by atoms with Gasteiger partial charge in [-0.2, -0.15) is 0 Å². The van der Waals surface area contributed by atoms with Crippen LogP contribution >= 0.6 is 15.9 Å². The molecule has 0 spiro atoms. The van der Waals surface area contributed by atoms with E-state index in [4.69, 9.17) is 5.73 Å². The summed E-state index contributed by atoms with van der Waals surface area (Å²) in [5.74, 6) is -0.578. The van der Waals surface area contributed by atoms with Crippen LogP contribution in [0.5, 0.6) is 0 Å². The van der Waals surface area contributed by atoms with E-state index in [1.165, 1.54) is 12.1 Å². The summed E-state index contributed by atoms with van der Waals surface area (Å²) in [4.78, 5) is 0. The van der Waals surface area contributed by atoms with Gasteiger partial charge in [0.2, 0.25) is 0 Å². The van der Waals surface area contributed by atoms with E-state index in [1.807, 2.05) is 0 Å². The minimum Gasteiger partial charge on any atom is -0.396 e. The third kappa shape index (κ3) is 2.93. The maximum absolute atomic E-state index is 13.2. The van der Waals surface area contributed by atoms with Gasteiger partial charge in [0.25, 0.3) is 0 Å². The van der Waals surface area contributed by atoms with Gasteiger partial charge in [-0.1, -0.05) is 15.9 Å². The maximum Gasteiger partial charge on any atom is 0.146 e. The van der Waals surface area contributed by atoms with Gasteiger partial charge in [-0.3, -0.25) is 0 Å². The monoisotopic (exact) mass is 291 g/mol. The summed E-state index contributed by atoms with van der Waals surface area (Å²) in [6.45, 7) is 1.72. The number of aliphatic hydroxyl groups is 2. The van der Waals surface area contributed by atoms with E-state index in [-0.39, 0.29) is 5.69 Å². The molecule has 2 unspecified atom stereocenters. The number of halogens is 2. The van der Waals surface area contributed by atoms with Crippen LogP contribution in [-0.4, -0.2) is 21.6 Å². The first-order chi connectivity index (χ1) is 7.47. The molecule has 1 aromatic rings. The van der Waals surface area contributed by atoms with Gasteiger partial charge in [0.1, 0.15) is 11.9 Å². The summed E-state index contributed by atoms with van der Waals surface area (Å²) in [7, 11) is 0. The van der Waals surface area contributed by atoms with Crippen LogP contribution in [-0.2, 0) is 0 Å². The van der Waals surface area contributed by atoms with Crippen molar-refractivity contribution in [1.82, 2.24) is 0 Å². The van der Waals surface area contributed by atoms with E-state index in [0.29, 0.717) is 22.9 Å². The molecule has 0 saturated carbocycles. The highest BCUT2D eigenvalue weighted by atomic mass is 79.9. The van der Waals surface area contributed by atoms with Gasteiger partial charge < -0.3 is 15.9 Å². The summed E-state index contributed by atoms with van der Waals surface area (Å²) >= 11 is 3.17. The largest absolute Gasteiger partial charge is 0.396 e. The Hall–Kier alpha value is -0.650. The van der Waals surface area contributed by atoms with E-state index >= 15 is 0 Å². The Balaban J connectivity index is 2.99. The fraction of sp³-hybridized carbons (Fsp3) is 0.455. The molecule has 0 aromatic heterocycles. The number of rotatable bonds is 4. The Morgan fingerprint density at radius 3 is 2.62 bits per heavy atom. The summed E-state index contributed by atoms with van der Waals surface area (Å²) in [5, 5.41) is 20.0. The first-order valence-corrected chi connectivity index (χ1v) is 6.07. The quantitative estimate of drug-likeness (QED) is 0.586. The van der Waals surface area contributed by atoms with E-state index in [1.54, 1.807) is 6.92 Å². The van der Waals surface area contributed by atoms with E-state index in [2.05, 4.69) is 15.9 Å². The molecule has 0 fully saturated rings. The van der Waals surface area contributed by atoms with Crippen LogP contribution in [0.2, 0.25) is 0 Å². The van der Waals surface area contributed by atoms with Crippen molar-refractivity contribution in [2.24, 2.45) is 0 Å². The lowest BCUT2D eigenvalue weighted by Crippen LogP contribution is -2.19. The lowest BCUT2D eigenvalue weighted by Gasteiger charge is -2.19. The lowest BCUT2D eigenvalue weighted by molar-refractivity contribution is 0.0168. The molecule has 90 valence electrons. The molecule has 1 rings (SSSR count). The molecule has 0 aliphatic heterocycles. The molecule has 4 N–H and O–H groups in total. The van der Waals surface area contributed by atoms with Crippen LogP contribution in [0.4, 0.5) is 10.1 Å². The number of benzene rings is 1. The summed E-state index contributed by atoms with van der Waals surface area (Å²) < 4.78 is 13.2. The van der Waals surface area contributed by atoms with Gasteiger partial charge in [-0.05, 0) is 36.6 Å². The van der Waals surface area contributed by atoms with Crippen molar-refractivity contribution in [2.45, 2.75) is 25.6 Å². The molecule has 0 aliphatic carbocycles. The van der Waals surface area contributed by atoms with Crippen molar-refractivity contribution in [1.29, 1.82) is 0 Å². The van der Waals surface area contributed by atoms with Gasteiger partial charge >= 0.3 is 0 Å². The van der Waals surface area contributed by atoms with E-state index in [9.17, 15) is 14.6 Å². The van der Waals surface area contributed by atoms with Gasteiger partial charge in [-0.15, -0.1) is 0 Å². The van der Waals surface area contributed by atoms with Crippen molar-refractivity contribution >= 4 is 21.6 Å². The Bertz CT molecular complexity index is 373. The average molecular weight is 292 g/mol. The number of alkyl halides is 1. The van der Waals surface area contributed by atoms with E-state index in [0.717, 1.165) is 0 Å². The van der Waals surface area contributed by atoms with Crippen LogP contribution in [0.1, 0.15) is 23.7 Å². The molecule has 1 aromatic carbocycles. The maximum atomic E-state index is 13.2. The topological polar surface area (TPSA) is 66.5 Å². The Labute approximate surface area is 102 Å². The number of aryl methyl sites for hydroxylation is 1. The number of aliphatic hydroxyl groups excluding tert-OH is 2. The predicted octanol–water partition coefficient (Wildman–Crippen LogP) is 1.90. The number of nitrogen functional groups attached to an aromatic ring is 1. The normalized spacial score (nSPS) is 14.8. The lowest BCUT2D eigenvalue weighted by atomic mass is 9.97. The number of anilines is 1. The first-order valence-electron chi connectivity index (χ1n) is 4.95. The van der Waals surface area contributed by atoms with Gasteiger partial charge in [-0.25, -0.2) is 4.39 Å². The van der Waals surface area contributed by atoms with Crippen LogP contribution < -0.4 is 5.73 Å². The SMILES string of the molecule is Cc1cc(N)c(F)cc1C(O)C(O)CCBr. The minimum atomic E-state index is -1.09. The molecule has 16 heavy (non-hydrogen) atoms. The zero-order valence-corrected chi connectivity index (χ0v) is 10.5. The van der Waals surface area contributed by atoms with Crippen molar-refractivity contribution in [2.75, 3.05) is 11.1 Å². The summed E-state index contributed by atoms with van der Waals surface area (Å²) in [6, 6.07) is 2.63. The van der Waals surface area contributed by atoms with Crippen molar-refractivity contribution in [3.8, 4) is 0 Å². The molecular formula is C11H15BrFNO2. The zero-order valence-electron chi connectivity index (χ0n) is 8.95. The second kappa shape index (κ2) is 5.61. The van der Waals surface area contributed by atoms with Gasteiger partial charge in [0.15, 0.2) is 0 Å². The highest BCUT2D eigenvalue weighted by Crippen LogP contribution is 2.26. The number of hydrogen-bond acceptors (Lipinski definition) is 3. The molecule has 5 heteroatoms. The third-order valence-corrected chi connectivity index (χ3v) is 2.93. The van der Waals surface area contributed by atoms with Crippen LogP contribution in [0.25, 0.3) is 0 Å². The highest BCUT2D eigenvalue weighted by molar-refractivity contribution is 9.09. The van der Waals surface area contributed by atoms with Gasteiger partial charge in [0.05, 0.1) is 11.8 Å². The Kier molecular flexibility index (Phi) is 4.70. The molecule has 0 radical (unpaired) electrons. The fourth-order valence-electron chi connectivity index (χ4n) is 1.51. The van der Waals surface area contributed by atoms with Crippen LogP contribution in [0.3, 0.4) is 0 Å². The molecule has 0 aliphatic rings. The smallest absolute Gasteiger partial charge is 0.146 e.